The van der Waals surface area contributed by atoms with Crippen molar-refractivity contribution >= 4 is 0 Å². The second-order valence-electron chi connectivity index (χ2n) is 12.2. The van der Waals surface area contributed by atoms with Crippen LogP contribution in [0.5, 0.6) is 23.0 Å². The molecule has 0 spiro atoms. The molecule has 5 rings (SSSR count). The summed E-state index contributed by atoms with van der Waals surface area (Å²) in [6.45, 7) is -0.0702. The van der Waals surface area contributed by atoms with E-state index in [1.165, 1.54) is 7.11 Å². The Balaban J connectivity index is 0.000000225. The van der Waals surface area contributed by atoms with Gasteiger partial charge >= 0.3 is 0 Å². The topological polar surface area (TPSA) is 247 Å². The van der Waals surface area contributed by atoms with Crippen LogP contribution in [0.15, 0.2) is 36.4 Å². The van der Waals surface area contributed by atoms with Crippen LogP contribution in [0.3, 0.4) is 0 Å². The van der Waals surface area contributed by atoms with E-state index in [0.717, 1.165) is 54.7 Å². The average Bonchev–Trinajstić information content (AvgIpc) is 3.60. The molecule has 2 aromatic carbocycles. The third-order valence-corrected chi connectivity index (χ3v) is 8.66. The fourth-order valence-electron chi connectivity index (χ4n) is 5.65. The molecule has 3 aliphatic heterocycles. The maximum Gasteiger partial charge on any atom is 0.231 e. The Morgan fingerprint density at radius 3 is 1.64 bits per heavy atom. The van der Waals surface area contributed by atoms with Crippen molar-refractivity contribution in [3.8, 4) is 23.0 Å². The van der Waals surface area contributed by atoms with Crippen LogP contribution < -0.4 is 14.2 Å². The molecule has 9 N–H and O–H groups in total. The zero-order valence-corrected chi connectivity index (χ0v) is 27.9. The fraction of sp³-hybridized carbons (Fsp3) is 0.647. The quantitative estimate of drug-likeness (QED) is 0.101. The minimum absolute atomic E-state index is 0.0946. The van der Waals surface area contributed by atoms with Crippen molar-refractivity contribution in [2.45, 2.75) is 99.9 Å². The molecule has 0 aliphatic carbocycles. The van der Waals surface area contributed by atoms with Crippen LogP contribution in [0.2, 0.25) is 0 Å². The van der Waals surface area contributed by atoms with E-state index in [4.69, 9.17) is 43.4 Å². The van der Waals surface area contributed by atoms with Crippen molar-refractivity contribution in [1.82, 2.24) is 0 Å². The predicted molar refractivity (Wildman–Crippen MR) is 173 cm³/mol. The van der Waals surface area contributed by atoms with Gasteiger partial charge in [-0.1, -0.05) is 12.1 Å². The van der Waals surface area contributed by atoms with Gasteiger partial charge in [0.15, 0.2) is 35.6 Å². The van der Waals surface area contributed by atoms with Gasteiger partial charge in [0.2, 0.25) is 6.79 Å². The first-order valence-electron chi connectivity index (χ1n) is 16.7. The summed E-state index contributed by atoms with van der Waals surface area (Å²) in [5.41, 5.74) is 2.15. The molecule has 50 heavy (non-hydrogen) atoms. The third-order valence-electron chi connectivity index (χ3n) is 8.66. The lowest BCUT2D eigenvalue weighted by Gasteiger charge is -2.39. The van der Waals surface area contributed by atoms with E-state index in [2.05, 4.69) is 0 Å². The van der Waals surface area contributed by atoms with E-state index < -0.39 is 74.6 Å². The molecule has 3 heterocycles. The number of ether oxygens (including phenoxy) is 7. The van der Waals surface area contributed by atoms with E-state index in [1.54, 1.807) is 12.1 Å². The highest BCUT2D eigenvalue weighted by Gasteiger charge is 2.45. The first-order chi connectivity index (χ1) is 24.1. The SMILES string of the molecule is COc1cc(CCCCO[C@@H]2O[C@H](CO)[C@@H](O)[C@H](O)[C@H]2O)ccc1O.OC[C@H]1O[C@@H](OCCCCc2ccc3c(c2)OCO3)[C@H](O)[C@@H](O)[C@@H]1O. The Labute approximate surface area is 289 Å². The van der Waals surface area contributed by atoms with Crippen molar-refractivity contribution in [3.63, 3.8) is 0 Å². The Bertz CT molecular complexity index is 1240. The summed E-state index contributed by atoms with van der Waals surface area (Å²) >= 11 is 0. The van der Waals surface area contributed by atoms with Crippen LogP contribution in [-0.2, 0) is 31.8 Å². The zero-order valence-electron chi connectivity index (χ0n) is 27.9. The summed E-state index contributed by atoms with van der Waals surface area (Å²) in [6.07, 6.45) is -7.74. The summed E-state index contributed by atoms with van der Waals surface area (Å²) in [4.78, 5) is 0. The molecule has 2 saturated heterocycles. The van der Waals surface area contributed by atoms with E-state index in [0.29, 0.717) is 18.8 Å². The van der Waals surface area contributed by atoms with Crippen LogP contribution in [0.25, 0.3) is 0 Å². The van der Waals surface area contributed by atoms with E-state index in [-0.39, 0.29) is 19.1 Å². The molecule has 10 atom stereocenters. The molecular weight excluding hydrogens is 664 g/mol. The minimum atomic E-state index is -1.43. The van der Waals surface area contributed by atoms with Crippen molar-refractivity contribution in [2.24, 2.45) is 0 Å². The highest BCUT2D eigenvalue weighted by molar-refractivity contribution is 5.44. The van der Waals surface area contributed by atoms with Gasteiger partial charge in [0.25, 0.3) is 0 Å². The number of fused-ring (bicyclic) bond motifs is 1. The number of benzene rings is 2. The summed E-state index contributed by atoms with van der Waals surface area (Å²) in [5, 5.41) is 86.3. The van der Waals surface area contributed by atoms with Crippen LogP contribution in [0.1, 0.15) is 36.8 Å². The lowest BCUT2D eigenvalue weighted by molar-refractivity contribution is -0.301. The van der Waals surface area contributed by atoms with Gasteiger partial charge in [-0.3, -0.25) is 0 Å². The molecule has 3 aliphatic rings. The zero-order chi connectivity index (χ0) is 36.2. The van der Waals surface area contributed by atoms with E-state index >= 15 is 0 Å². The van der Waals surface area contributed by atoms with Crippen molar-refractivity contribution in [2.75, 3.05) is 40.3 Å². The molecule has 2 aromatic rings. The maximum atomic E-state index is 9.88. The molecule has 0 bridgehead atoms. The van der Waals surface area contributed by atoms with Gasteiger partial charge in [0.05, 0.1) is 20.3 Å². The summed E-state index contributed by atoms with van der Waals surface area (Å²) in [5.74, 6) is 2.04. The van der Waals surface area contributed by atoms with E-state index in [9.17, 15) is 35.7 Å². The Hall–Kier alpha value is -2.84. The highest BCUT2D eigenvalue weighted by Crippen LogP contribution is 2.33. The maximum absolute atomic E-state index is 9.88. The number of rotatable bonds is 15. The number of aliphatic hydroxyl groups excluding tert-OH is 8. The number of aliphatic hydroxyl groups is 8. The number of phenols is 1. The number of methoxy groups -OCH3 is 1. The highest BCUT2D eigenvalue weighted by atomic mass is 16.7. The number of hydrogen-bond acceptors (Lipinski definition) is 16. The summed E-state index contributed by atoms with van der Waals surface area (Å²) in [6, 6.07) is 11.0. The molecule has 282 valence electrons. The molecule has 0 saturated carbocycles. The first kappa shape index (κ1) is 39.9. The average molecular weight is 715 g/mol. The number of aromatic hydroxyl groups is 1. The van der Waals surface area contributed by atoms with Crippen LogP contribution >= 0.6 is 0 Å². The number of hydrogen-bond donors (Lipinski definition) is 9. The lowest BCUT2D eigenvalue weighted by atomic mass is 9.99. The molecule has 0 radical (unpaired) electrons. The standard InChI is InChI=1S/C17H24O8.C17H26O8/c18-8-13-14(19)15(20)16(21)17(25-13)22-6-2-1-3-10-4-5-11-12(7-10)24-9-23-11;1-23-12-8-10(5-6-11(12)19)4-2-3-7-24-17-16(22)15(21)14(20)13(9-18)25-17/h4-5,7,13-21H,1-3,6,8-9H2;5-6,8,13-22H,2-4,7,9H2,1H3/t2*13-,14-,15+,16-,17-/m11/s1. The first-order valence-corrected chi connectivity index (χ1v) is 16.7. The lowest BCUT2D eigenvalue weighted by Crippen LogP contribution is -2.59. The normalized spacial score (nSPS) is 30.4. The molecule has 2 fully saturated rings. The van der Waals surface area contributed by atoms with Crippen LogP contribution in [0.4, 0.5) is 0 Å². The predicted octanol–water partition coefficient (Wildman–Crippen LogP) is -0.905. The molecule has 0 aromatic heterocycles. The largest absolute Gasteiger partial charge is 0.504 e. The Morgan fingerprint density at radius 2 is 1.12 bits per heavy atom. The van der Waals surface area contributed by atoms with Crippen molar-refractivity contribution < 1.29 is 79.1 Å². The Kier molecular flexibility index (Phi) is 15.7. The summed E-state index contributed by atoms with van der Waals surface area (Å²) < 4.78 is 37.1. The van der Waals surface area contributed by atoms with Crippen molar-refractivity contribution in [1.29, 1.82) is 0 Å². The van der Waals surface area contributed by atoms with Gasteiger partial charge in [-0.05, 0) is 73.9 Å². The van der Waals surface area contributed by atoms with Crippen molar-refractivity contribution in [3.05, 3.63) is 47.5 Å². The van der Waals surface area contributed by atoms with Crippen LogP contribution in [0, 0.1) is 0 Å². The van der Waals surface area contributed by atoms with Gasteiger partial charge < -0.3 is 79.1 Å². The number of aryl methyl sites for hydroxylation is 2. The minimum Gasteiger partial charge on any atom is -0.504 e. The molecule has 0 amide bonds. The Morgan fingerprint density at radius 1 is 0.620 bits per heavy atom. The van der Waals surface area contributed by atoms with Gasteiger partial charge in [-0.2, -0.15) is 0 Å². The fourth-order valence-corrected chi connectivity index (χ4v) is 5.65. The van der Waals surface area contributed by atoms with Gasteiger partial charge in [-0.15, -0.1) is 0 Å². The molecule has 16 nitrogen and oxygen atoms in total. The van der Waals surface area contributed by atoms with Crippen LogP contribution in [-0.4, -0.2) is 148 Å². The third kappa shape index (κ3) is 10.6. The second kappa shape index (κ2) is 19.7. The smallest absolute Gasteiger partial charge is 0.231 e. The van der Waals surface area contributed by atoms with Gasteiger partial charge in [0, 0.05) is 13.2 Å². The molecular formula is C34H50O16. The monoisotopic (exact) mass is 714 g/mol. The number of phenolic OH excluding ortho intramolecular Hbond substituents is 1. The summed E-state index contributed by atoms with van der Waals surface area (Å²) in [7, 11) is 1.49. The second-order valence-corrected chi connectivity index (χ2v) is 12.2. The molecule has 16 heteroatoms. The van der Waals surface area contributed by atoms with E-state index in [1.807, 2.05) is 24.3 Å². The number of unbranched alkanes of at least 4 members (excludes halogenated alkanes) is 2. The van der Waals surface area contributed by atoms with Gasteiger partial charge in [0.1, 0.15) is 48.8 Å². The van der Waals surface area contributed by atoms with Gasteiger partial charge in [-0.25, -0.2) is 0 Å². The molecule has 0 unspecified atom stereocenters.